The molecule has 106 valence electrons. The lowest BCUT2D eigenvalue weighted by molar-refractivity contribution is 0.103. The summed E-state index contributed by atoms with van der Waals surface area (Å²) in [6.45, 7) is 0.620. The number of hydrogen-bond acceptors (Lipinski definition) is 3. The molecule has 1 aromatic carbocycles. The van der Waals surface area contributed by atoms with Crippen molar-refractivity contribution in [2.75, 3.05) is 5.32 Å². The first kappa shape index (κ1) is 14.0. The fourth-order valence-electron chi connectivity index (χ4n) is 1.98. The maximum absolute atomic E-state index is 12.3. The second kappa shape index (κ2) is 6.24. The highest BCUT2D eigenvalue weighted by molar-refractivity contribution is 9.10. The van der Waals surface area contributed by atoms with Gasteiger partial charge in [-0.3, -0.25) is 9.48 Å². The van der Waals surface area contributed by atoms with Gasteiger partial charge in [0.05, 0.1) is 6.54 Å². The summed E-state index contributed by atoms with van der Waals surface area (Å²) >= 11 is 4.79. The zero-order valence-corrected chi connectivity index (χ0v) is 13.4. The third-order valence-electron chi connectivity index (χ3n) is 2.98. The van der Waals surface area contributed by atoms with Crippen LogP contribution in [-0.2, 0) is 6.54 Å². The Morgan fingerprint density at radius 1 is 1.29 bits per heavy atom. The fourth-order valence-corrected chi connectivity index (χ4v) is 3.43. The number of anilines is 1. The molecule has 0 unspecified atom stereocenters. The highest BCUT2D eigenvalue weighted by Crippen LogP contribution is 2.25. The first-order valence-electron chi connectivity index (χ1n) is 6.34. The van der Waals surface area contributed by atoms with Gasteiger partial charge in [0.2, 0.25) is 0 Å². The van der Waals surface area contributed by atoms with Gasteiger partial charge < -0.3 is 5.32 Å². The van der Waals surface area contributed by atoms with E-state index in [1.807, 2.05) is 52.7 Å². The molecular weight excluding hydrogens is 350 g/mol. The fraction of sp³-hybridized carbons (Fsp3) is 0.0667. The zero-order valence-electron chi connectivity index (χ0n) is 11.0. The molecular formula is C15H12BrN3OS. The summed E-state index contributed by atoms with van der Waals surface area (Å²) in [7, 11) is 0. The van der Waals surface area contributed by atoms with Crippen molar-refractivity contribution in [2.45, 2.75) is 6.54 Å². The molecule has 0 fully saturated rings. The van der Waals surface area contributed by atoms with Crippen LogP contribution in [0.2, 0.25) is 0 Å². The summed E-state index contributed by atoms with van der Waals surface area (Å²) in [4.78, 5) is 13.0. The van der Waals surface area contributed by atoms with Gasteiger partial charge in [-0.2, -0.15) is 5.10 Å². The molecule has 0 spiro atoms. The van der Waals surface area contributed by atoms with Crippen molar-refractivity contribution in [2.24, 2.45) is 0 Å². The summed E-state index contributed by atoms with van der Waals surface area (Å²) in [5.74, 6) is -0.107. The van der Waals surface area contributed by atoms with Gasteiger partial charge in [0.1, 0.15) is 4.88 Å². The van der Waals surface area contributed by atoms with Gasteiger partial charge in [0.15, 0.2) is 0 Å². The monoisotopic (exact) mass is 361 g/mol. The number of nitrogens with one attached hydrogen (secondary N) is 1. The minimum atomic E-state index is -0.107. The van der Waals surface area contributed by atoms with Crippen LogP contribution in [0.3, 0.4) is 0 Å². The summed E-state index contributed by atoms with van der Waals surface area (Å²) in [5.41, 5.74) is 1.82. The standard InChI is InChI=1S/C15H12BrN3OS/c16-12-6-9-21-14(12)15(20)18-13-5-2-1-4-11(13)10-19-8-3-7-17-19/h1-9H,10H2,(H,18,20). The Morgan fingerprint density at radius 3 is 2.86 bits per heavy atom. The number of thiophene rings is 1. The molecule has 3 rings (SSSR count). The Hall–Kier alpha value is -1.92. The minimum Gasteiger partial charge on any atom is -0.321 e. The summed E-state index contributed by atoms with van der Waals surface area (Å²) < 4.78 is 2.64. The van der Waals surface area contributed by atoms with Gasteiger partial charge in [-0.25, -0.2) is 0 Å². The topological polar surface area (TPSA) is 46.9 Å². The molecule has 2 aromatic heterocycles. The number of hydrogen-bond donors (Lipinski definition) is 1. The summed E-state index contributed by atoms with van der Waals surface area (Å²) in [6, 6.07) is 11.5. The second-order valence-corrected chi connectivity index (χ2v) is 6.18. The van der Waals surface area contributed by atoms with Crippen molar-refractivity contribution in [1.29, 1.82) is 0 Å². The first-order valence-corrected chi connectivity index (χ1v) is 8.01. The van der Waals surface area contributed by atoms with E-state index >= 15 is 0 Å². The van der Waals surface area contributed by atoms with Crippen molar-refractivity contribution in [3.63, 3.8) is 0 Å². The molecule has 0 radical (unpaired) electrons. The number of carbonyl (C=O) groups is 1. The number of para-hydroxylation sites is 1. The van der Waals surface area contributed by atoms with Gasteiger partial charge in [-0.05, 0) is 45.1 Å². The number of benzene rings is 1. The molecule has 0 saturated heterocycles. The highest BCUT2D eigenvalue weighted by atomic mass is 79.9. The van der Waals surface area contributed by atoms with Crippen LogP contribution in [0.4, 0.5) is 5.69 Å². The minimum absolute atomic E-state index is 0.107. The third kappa shape index (κ3) is 3.22. The smallest absolute Gasteiger partial charge is 0.266 e. The molecule has 0 aliphatic rings. The van der Waals surface area contributed by atoms with Gasteiger partial charge in [-0.15, -0.1) is 11.3 Å². The van der Waals surface area contributed by atoms with Crippen molar-refractivity contribution in [3.8, 4) is 0 Å². The number of carbonyl (C=O) groups excluding carboxylic acids is 1. The molecule has 4 nitrogen and oxygen atoms in total. The highest BCUT2D eigenvalue weighted by Gasteiger charge is 2.13. The number of amides is 1. The quantitative estimate of drug-likeness (QED) is 0.762. The Labute approximate surface area is 134 Å². The van der Waals surface area contributed by atoms with E-state index in [1.165, 1.54) is 11.3 Å². The van der Waals surface area contributed by atoms with Crippen molar-refractivity contribution in [3.05, 3.63) is 69.1 Å². The predicted octanol–water partition coefficient (Wildman–Crippen LogP) is 4.01. The molecule has 3 aromatic rings. The van der Waals surface area contributed by atoms with Gasteiger partial charge in [0, 0.05) is 22.6 Å². The lowest BCUT2D eigenvalue weighted by atomic mass is 10.1. The molecule has 21 heavy (non-hydrogen) atoms. The van der Waals surface area contributed by atoms with Crippen LogP contribution in [0.25, 0.3) is 0 Å². The van der Waals surface area contributed by atoms with Gasteiger partial charge in [-0.1, -0.05) is 18.2 Å². The zero-order chi connectivity index (χ0) is 14.7. The lowest BCUT2D eigenvalue weighted by Crippen LogP contribution is -2.13. The third-order valence-corrected chi connectivity index (χ3v) is 4.82. The summed E-state index contributed by atoms with van der Waals surface area (Å²) in [6.07, 6.45) is 3.64. The van der Waals surface area contributed by atoms with Crippen LogP contribution in [0.5, 0.6) is 0 Å². The molecule has 1 amide bonds. The molecule has 6 heteroatoms. The number of aromatic nitrogens is 2. The predicted molar refractivity (Wildman–Crippen MR) is 87.7 cm³/mol. The van der Waals surface area contributed by atoms with E-state index in [0.29, 0.717) is 11.4 Å². The largest absolute Gasteiger partial charge is 0.321 e. The van der Waals surface area contributed by atoms with Crippen molar-refractivity contribution in [1.82, 2.24) is 9.78 Å². The molecule has 2 heterocycles. The van der Waals surface area contributed by atoms with Crippen LogP contribution in [0.15, 0.2) is 58.6 Å². The normalized spacial score (nSPS) is 10.5. The van der Waals surface area contributed by atoms with E-state index in [4.69, 9.17) is 0 Å². The number of rotatable bonds is 4. The van der Waals surface area contributed by atoms with Crippen LogP contribution in [0.1, 0.15) is 15.2 Å². The summed E-state index contributed by atoms with van der Waals surface area (Å²) in [5, 5.41) is 9.04. The Balaban J connectivity index is 1.82. The van der Waals surface area contributed by atoms with E-state index in [1.54, 1.807) is 6.20 Å². The lowest BCUT2D eigenvalue weighted by Gasteiger charge is -2.11. The van der Waals surface area contributed by atoms with Crippen molar-refractivity contribution < 1.29 is 4.79 Å². The Kier molecular flexibility index (Phi) is 4.17. The van der Waals surface area contributed by atoms with E-state index < -0.39 is 0 Å². The SMILES string of the molecule is O=C(Nc1ccccc1Cn1cccn1)c1sccc1Br. The number of halogens is 1. The molecule has 0 bridgehead atoms. The second-order valence-electron chi connectivity index (χ2n) is 4.41. The van der Waals surface area contributed by atoms with E-state index in [0.717, 1.165) is 15.7 Å². The van der Waals surface area contributed by atoms with Crippen LogP contribution in [0, 0.1) is 0 Å². The number of nitrogens with zero attached hydrogens (tertiary/aromatic N) is 2. The van der Waals surface area contributed by atoms with Crippen LogP contribution in [-0.4, -0.2) is 15.7 Å². The van der Waals surface area contributed by atoms with Gasteiger partial charge in [0.25, 0.3) is 5.91 Å². The van der Waals surface area contributed by atoms with E-state index in [9.17, 15) is 4.79 Å². The average molecular weight is 362 g/mol. The van der Waals surface area contributed by atoms with Crippen LogP contribution < -0.4 is 5.32 Å². The maximum atomic E-state index is 12.3. The maximum Gasteiger partial charge on any atom is 0.266 e. The van der Waals surface area contributed by atoms with Gasteiger partial charge >= 0.3 is 0 Å². The van der Waals surface area contributed by atoms with Crippen LogP contribution >= 0.6 is 27.3 Å². The van der Waals surface area contributed by atoms with Crippen molar-refractivity contribution >= 4 is 38.9 Å². The molecule has 0 atom stereocenters. The average Bonchev–Trinajstić information content (AvgIpc) is 3.12. The van der Waals surface area contributed by atoms with E-state index in [-0.39, 0.29) is 5.91 Å². The molecule has 0 aliphatic heterocycles. The molecule has 0 saturated carbocycles. The molecule has 0 aliphatic carbocycles. The molecule has 1 N–H and O–H groups in total. The Bertz CT molecular complexity index is 752. The van der Waals surface area contributed by atoms with E-state index in [2.05, 4.69) is 26.3 Å². The first-order chi connectivity index (χ1) is 10.2. The Morgan fingerprint density at radius 2 is 2.14 bits per heavy atom.